The average Bonchev–Trinajstić information content (AvgIpc) is 2.49. The Bertz CT molecular complexity index is 813. The van der Waals surface area contributed by atoms with E-state index in [2.05, 4.69) is 15.9 Å². The zero-order chi connectivity index (χ0) is 17.0. The minimum absolute atomic E-state index is 0.00501. The first-order valence-electron chi connectivity index (χ1n) is 6.81. The summed E-state index contributed by atoms with van der Waals surface area (Å²) in [6.07, 6.45) is 0. The van der Waals surface area contributed by atoms with Gasteiger partial charge in [-0.2, -0.15) is 8.42 Å². The number of rotatable bonds is 6. The lowest BCUT2D eigenvalue weighted by atomic mass is 10.1. The largest absolute Gasteiger partial charge is 0.494 e. The van der Waals surface area contributed by atoms with Gasteiger partial charge in [-0.05, 0) is 56.3 Å². The van der Waals surface area contributed by atoms with Crippen LogP contribution in [0.2, 0.25) is 0 Å². The summed E-state index contributed by atoms with van der Waals surface area (Å²) in [6, 6.07) is 10.5. The number of ether oxygens (including phenoxy) is 1. The van der Waals surface area contributed by atoms with Gasteiger partial charge in [-0.15, -0.1) is 0 Å². The molecule has 0 aromatic heterocycles. The van der Waals surface area contributed by atoms with Crippen LogP contribution in [0.25, 0.3) is 0 Å². The molecule has 5 nitrogen and oxygen atoms in total. The van der Waals surface area contributed by atoms with Gasteiger partial charge in [0.2, 0.25) is 0 Å². The molecule has 122 valence electrons. The van der Waals surface area contributed by atoms with Crippen molar-refractivity contribution < 1.29 is 22.1 Å². The molecule has 2 aromatic rings. The third-order valence-corrected chi connectivity index (χ3v) is 4.69. The van der Waals surface area contributed by atoms with Gasteiger partial charge >= 0.3 is 10.1 Å². The van der Waals surface area contributed by atoms with Crippen LogP contribution in [0.15, 0.2) is 51.8 Å². The van der Waals surface area contributed by atoms with Crippen molar-refractivity contribution in [1.29, 1.82) is 0 Å². The topological polar surface area (TPSA) is 69.7 Å². The van der Waals surface area contributed by atoms with Crippen LogP contribution in [0.1, 0.15) is 24.2 Å². The highest BCUT2D eigenvalue weighted by molar-refractivity contribution is 9.10. The number of carbonyl (C=O) groups is 1. The molecule has 0 fully saturated rings. The van der Waals surface area contributed by atoms with Crippen LogP contribution in [-0.4, -0.2) is 20.8 Å². The van der Waals surface area contributed by atoms with Crippen LogP contribution in [0.5, 0.6) is 11.5 Å². The molecule has 0 atom stereocenters. The third-order valence-electron chi connectivity index (χ3n) is 2.94. The number of ketones is 1. The maximum absolute atomic E-state index is 12.3. The quantitative estimate of drug-likeness (QED) is 0.546. The van der Waals surface area contributed by atoms with Crippen molar-refractivity contribution in [3.8, 4) is 11.5 Å². The van der Waals surface area contributed by atoms with Crippen molar-refractivity contribution >= 4 is 31.8 Å². The Hall–Kier alpha value is -1.86. The van der Waals surface area contributed by atoms with E-state index in [1.54, 1.807) is 18.2 Å². The van der Waals surface area contributed by atoms with Gasteiger partial charge in [-0.25, -0.2) is 0 Å². The number of halogens is 1. The van der Waals surface area contributed by atoms with E-state index in [9.17, 15) is 13.2 Å². The molecule has 7 heteroatoms. The average molecular weight is 399 g/mol. The maximum Gasteiger partial charge on any atom is 0.339 e. The molecule has 0 radical (unpaired) electrons. The number of hydrogen-bond acceptors (Lipinski definition) is 5. The maximum atomic E-state index is 12.3. The predicted molar refractivity (Wildman–Crippen MR) is 89.6 cm³/mol. The standard InChI is InChI=1S/C16H15BrO5S/c1-3-21-13-5-7-14(8-6-13)23(19,20)22-16-9-4-12(17)10-15(16)11(2)18/h4-10H,3H2,1-2H3. The molecule has 2 rings (SSSR count). The van der Waals surface area contributed by atoms with Crippen molar-refractivity contribution in [3.63, 3.8) is 0 Å². The van der Waals surface area contributed by atoms with E-state index in [1.807, 2.05) is 6.92 Å². The molecule has 0 spiro atoms. The van der Waals surface area contributed by atoms with Crippen LogP contribution < -0.4 is 8.92 Å². The minimum atomic E-state index is -4.04. The highest BCUT2D eigenvalue weighted by Crippen LogP contribution is 2.27. The Morgan fingerprint density at radius 2 is 1.78 bits per heavy atom. The first-order valence-corrected chi connectivity index (χ1v) is 9.01. The van der Waals surface area contributed by atoms with Crippen molar-refractivity contribution in [2.24, 2.45) is 0 Å². The molecule has 0 aliphatic rings. The van der Waals surface area contributed by atoms with Crippen molar-refractivity contribution in [2.75, 3.05) is 6.61 Å². The predicted octanol–water partition coefficient (Wildman–Crippen LogP) is 3.82. The Morgan fingerprint density at radius 3 is 2.35 bits per heavy atom. The van der Waals surface area contributed by atoms with E-state index in [4.69, 9.17) is 8.92 Å². The second-order valence-electron chi connectivity index (χ2n) is 4.64. The molecule has 0 amide bonds. The molecule has 0 heterocycles. The first kappa shape index (κ1) is 17.5. The van der Waals surface area contributed by atoms with E-state index < -0.39 is 10.1 Å². The van der Waals surface area contributed by atoms with E-state index >= 15 is 0 Å². The van der Waals surface area contributed by atoms with Crippen LogP contribution >= 0.6 is 15.9 Å². The lowest BCUT2D eigenvalue weighted by molar-refractivity contribution is 0.101. The molecular formula is C16H15BrO5S. The fourth-order valence-corrected chi connectivity index (χ4v) is 3.19. The van der Waals surface area contributed by atoms with Gasteiger partial charge in [0.05, 0.1) is 12.2 Å². The molecule has 0 unspecified atom stereocenters. The summed E-state index contributed by atoms with van der Waals surface area (Å²) in [6.45, 7) is 3.67. The smallest absolute Gasteiger partial charge is 0.339 e. The van der Waals surface area contributed by atoms with Crippen LogP contribution in [0, 0.1) is 0 Å². The Balaban J connectivity index is 2.33. The Kier molecular flexibility index (Phi) is 5.43. The molecular weight excluding hydrogens is 384 g/mol. The van der Waals surface area contributed by atoms with Crippen molar-refractivity contribution in [2.45, 2.75) is 18.7 Å². The molecule has 0 saturated carbocycles. The van der Waals surface area contributed by atoms with Crippen molar-refractivity contribution in [1.82, 2.24) is 0 Å². The number of benzene rings is 2. The summed E-state index contributed by atoms with van der Waals surface area (Å²) in [7, 11) is -4.04. The number of carbonyl (C=O) groups excluding carboxylic acids is 1. The van der Waals surface area contributed by atoms with Crippen LogP contribution in [0.4, 0.5) is 0 Å². The monoisotopic (exact) mass is 398 g/mol. The Labute approximate surface area is 143 Å². The lowest BCUT2D eigenvalue weighted by Crippen LogP contribution is -2.12. The summed E-state index contributed by atoms with van der Waals surface area (Å²) in [4.78, 5) is 11.6. The van der Waals surface area contributed by atoms with E-state index in [0.29, 0.717) is 16.8 Å². The number of Topliss-reactive ketones (excluding diaryl/α,β-unsaturated/α-hetero) is 1. The summed E-state index contributed by atoms with van der Waals surface area (Å²) in [5.74, 6) is 0.275. The summed E-state index contributed by atoms with van der Waals surface area (Å²) >= 11 is 3.24. The molecule has 2 aromatic carbocycles. The van der Waals surface area contributed by atoms with Gasteiger partial charge < -0.3 is 8.92 Å². The van der Waals surface area contributed by atoms with Crippen molar-refractivity contribution in [3.05, 3.63) is 52.5 Å². The van der Waals surface area contributed by atoms with Gasteiger partial charge in [0.15, 0.2) is 11.5 Å². The first-order chi connectivity index (χ1) is 10.8. The fourth-order valence-electron chi connectivity index (χ4n) is 1.89. The minimum Gasteiger partial charge on any atom is -0.494 e. The van der Waals surface area contributed by atoms with Crippen LogP contribution in [0.3, 0.4) is 0 Å². The summed E-state index contributed by atoms with van der Waals surface area (Å²) in [5, 5.41) is 0. The number of hydrogen-bond donors (Lipinski definition) is 0. The highest BCUT2D eigenvalue weighted by atomic mass is 79.9. The van der Waals surface area contributed by atoms with Gasteiger partial charge in [0.1, 0.15) is 10.6 Å². The highest BCUT2D eigenvalue weighted by Gasteiger charge is 2.20. The fraction of sp³-hybridized carbons (Fsp3) is 0.188. The molecule has 0 aliphatic carbocycles. The van der Waals surface area contributed by atoms with E-state index in [0.717, 1.165) is 0 Å². The van der Waals surface area contributed by atoms with Gasteiger partial charge in [-0.3, -0.25) is 4.79 Å². The molecule has 23 heavy (non-hydrogen) atoms. The Morgan fingerprint density at radius 1 is 1.13 bits per heavy atom. The van der Waals surface area contributed by atoms with Gasteiger partial charge in [0.25, 0.3) is 0 Å². The molecule has 0 aliphatic heterocycles. The zero-order valence-corrected chi connectivity index (χ0v) is 15.0. The SMILES string of the molecule is CCOc1ccc(S(=O)(=O)Oc2ccc(Br)cc2C(C)=O)cc1. The van der Waals surface area contributed by atoms with E-state index in [1.165, 1.54) is 31.2 Å². The second-order valence-corrected chi connectivity index (χ2v) is 7.10. The normalized spacial score (nSPS) is 11.1. The zero-order valence-electron chi connectivity index (χ0n) is 12.6. The summed E-state index contributed by atoms with van der Waals surface area (Å²) < 4.78 is 35.7. The van der Waals surface area contributed by atoms with E-state index in [-0.39, 0.29) is 22.0 Å². The molecule has 0 N–H and O–H groups in total. The third kappa shape index (κ3) is 4.33. The summed E-state index contributed by atoms with van der Waals surface area (Å²) in [5.41, 5.74) is 0.189. The second kappa shape index (κ2) is 7.14. The van der Waals surface area contributed by atoms with Crippen LogP contribution in [-0.2, 0) is 10.1 Å². The van der Waals surface area contributed by atoms with Gasteiger partial charge in [-0.1, -0.05) is 15.9 Å². The van der Waals surface area contributed by atoms with Gasteiger partial charge in [0, 0.05) is 4.47 Å². The molecule has 0 bridgehead atoms. The lowest BCUT2D eigenvalue weighted by Gasteiger charge is -2.11. The molecule has 0 saturated heterocycles.